The zero-order chi connectivity index (χ0) is 12.9. The summed E-state index contributed by atoms with van der Waals surface area (Å²) in [6, 6.07) is 7.33. The van der Waals surface area contributed by atoms with Crippen molar-refractivity contribution in [2.75, 3.05) is 20.3 Å². The zero-order valence-electron chi connectivity index (χ0n) is 10.9. The summed E-state index contributed by atoms with van der Waals surface area (Å²) in [5, 5.41) is 0. The average molecular weight is 236 g/mol. The van der Waals surface area contributed by atoms with Crippen LogP contribution in [-0.2, 0) is 4.74 Å². The van der Waals surface area contributed by atoms with Gasteiger partial charge in [0.05, 0.1) is 12.2 Å². The maximum atomic E-state index is 12.2. The number of hydrogen-bond donors (Lipinski definition) is 0. The van der Waals surface area contributed by atoms with Gasteiger partial charge in [-0.1, -0.05) is 32.9 Å². The normalized spacial score (nSPS) is 11.3. The molecule has 0 N–H and O–H groups in total. The van der Waals surface area contributed by atoms with Crippen LogP contribution in [0.15, 0.2) is 24.3 Å². The highest BCUT2D eigenvalue weighted by molar-refractivity contribution is 6.02. The van der Waals surface area contributed by atoms with Crippen LogP contribution >= 0.6 is 0 Å². The molecular weight excluding hydrogens is 216 g/mol. The van der Waals surface area contributed by atoms with Gasteiger partial charge in [-0.25, -0.2) is 0 Å². The Morgan fingerprint density at radius 3 is 2.41 bits per heavy atom. The first-order valence-corrected chi connectivity index (χ1v) is 5.72. The standard InChI is InChI=1S/C14H20O3/c1-14(2,3)13(15)11-7-5-6-8-12(11)17-10-9-16-4/h5-8H,9-10H2,1-4H3. The van der Waals surface area contributed by atoms with Gasteiger partial charge in [0.2, 0.25) is 0 Å². The quantitative estimate of drug-likeness (QED) is 0.582. The zero-order valence-corrected chi connectivity index (χ0v) is 10.9. The molecular formula is C14H20O3. The molecule has 1 rings (SSSR count). The van der Waals surface area contributed by atoms with Crippen molar-refractivity contribution in [3.63, 3.8) is 0 Å². The third-order valence-corrected chi connectivity index (χ3v) is 2.36. The van der Waals surface area contributed by atoms with Gasteiger partial charge in [0.1, 0.15) is 12.4 Å². The van der Waals surface area contributed by atoms with Crippen LogP contribution in [0.25, 0.3) is 0 Å². The number of hydrogen-bond acceptors (Lipinski definition) is 3. The third-order valence-electron chi connectivity index (χ3n) is 2.36. The van der Waals surface area contributed by atoms with Crippen LogP contribution in [0.1, 0.15) is 31.1 Å². The van der Waals surface area contributed by atoms with Crippen molar-refractivity contribution in [3.05, 3.63) is 29.8 Å². The van der Waals surface area contributed by atoms with E-state index in [0.29, 0.717) is 24.5 Å². The molecule has 0 aromatic heterocycles. The largest absolute Gasteiger partial charge is 0.490 e. The van der Waals surface area contributed by atoms with Crippen molar-refractivity contribution in [1.82, 2.24) is 0 Å². The summed E-state index contributed by atoms with van der Waals surface area (Å²) in [4.78, 5) is 12.2. The van der Waals surface area contributed by atoms with Gasteiger partial charge < -0.3 is 9.47 Å². The second-order valence-electron chi connectivity index (χ2n) is 4.92. The van der Waals surface area contributed by atoms with E-state index < -0.39 is 5.41 Å². The minimum absolute atomic E-state index is 0.0884. The molecule has 0 aliphatic carbocycles. The Kier molecular flexibility index (Phi) is 4.70. The maximum absolute atomic E-state index is 12.2. The molecule has 3 heteroatoms. The monoisotopic (exact) mass is 236 g/mol. The van der Waals surface area contributed by atoms with E-state index in [2.05, 4.69) is 0 Å². The van der Waals surface area contributed by atoms with Gasteiger partial charge in [0.15, 0.2) is 5.78 Å². The first kappa shape index (κ1) is 13.7. The molecule has 0 heterocycles. The van der Waals surface area contributed by atoms with Gasteiger partial charge in [0, 0.05) is 12.5 Å². The Bertz CT molecular complexity index is 377. The number of benzene rings is 1. The van der Waals surface area contributed by atoms with Crippen molar-refractivity contribution < 1.29 is 14.3 Å². The van der Waals surface area contributed by atoms with Crippen molar-refractivity contribution in [2.24, 2.45) is 5.41 Å². The number of para-hydroxylation sites is 1. The molecule has 0 saturated heterocycles. The number of ketones is 1. The Labute approximate surface area is 103 Å². The molecule has 0 atom stereocenters. The van der Waals surface area contributed by atoms with E-state index in [4.69, 9.17) is 9.47 Å². The lowest BCUT2D eigenvalue weighted by Gasteiger charge is -2.19. The summed E-state index contributed by atoms with van der Waals surface area (Å²) in [6.45, 7) is 6.67. The Morgan fingerprint density at radius 2 is 1.82 bits per heavy atom. The Morgan fingerprint density at radius 1 is 1.18 bits per heavy atom. The number of carbonyl (C=O) groups excluding carboxylic acids is 1. The van der Waals surface area contributed by atoms with Gasteiger partial charge in [0.25, 0.3) is 0 Å². The second kappa shape index (κ2) is 5.82. The Hall–Kier alpha value is -1.35. The highest BCUT2D eigenvalue weighted by atomic mass is 16.5. The number of carbonyl (C=O) groups is 1. The molecule has 0 bridgehead atoms. The molecule has 0 amide bonds. The fourth-order valence-electron chi connectivity index (χ4n) is 1.42. The molecule has 0 aliphatic rings. The summed E-state index contributed by atoms with van der Waals surface area (Å²) < 4.78 is 10.5. The van der Waals surface area contributed by atoms with E-state index in [0.717, 1.165) is 0 Å². The first-order chi connectivity index (χ1) is 7.96. The van der Waals surface area contributed by atoms with Crippen molar-refractivity contribution in [3.8, 4) is 5.75 Å². The van der Waals surface area contributed by atoms with E-state index in [9.17, 15) is 4.79 Å². The molecule has 0 spiro atoms. The molecule has 0 fully saturated rings. The second-order valence-corrected chi connectivity index (χ2v) is 4.92. The number of ether oxygens (including phenoxy) is 2. The van der Waals surface area contributed by atoms with Crippen LogP contribution in [0.2, 0.25) is 0 Å². The summed E-state index contributed by atoms with van der Waals surface area (Å²) in [6.07, 6.45) is 0. The topological polar surface area (TPSA) is 35.5 Å². The predicted octanol–water partition coefficient (Wildman–Crippen LogP) is 2.94. The van der Waals surface area contributed by atoms with E-state index >= 15 is 0 Å². The summed E-state index contributed by atoms with van der Waals surface area (Å²) in [5.41, 5.74) is 0.233. The van der Waals surface area contributed by atoms with Gasteiger partial charge in [-0.3, -0.25) is 4.79 Å². The van der Waals surface area contributed by atoms with E-state index in [-0.39, 0.29) is 5.78 Å². The molecule has 1 aromatic carbocycles. The molecule has 0 saturated carbocycles. The highest BCUT2D eigenvalue weighted by Gasteiger charge is 2.25. The summed E-state index contributed by atoms with van der Waals surface area (Å²) in [7, 11) is 1.62. The van der Waals surface area contributed by atoms with Crippen LogP contribution in [-0.4, -0.2) is 26.1 Å². The maximum Gasteiger partial charge on any atom is 0.171 e. The SMILES string of the molecule is COCCOc1ccccc1C(=O)C(C)(C)C. The molecule has 3 nitrogen and oxygen atoms in total. The minimum atomic E-state index is -0.402. The average Bonchev–Trinajstić information content (AvgIpc) is 2.28. The van der Waals surface area contributed by atoms with Crippen LogP contribution in [0.3, 0.4) is 0 Å². The Balaban J connectivity index is 2.88. The van der Waals surface area contributed by atoms with Crippen molar-refractivity contribution in [1.29, 1.82) is 0 Å². The third kappa shape index (κ3) is 3.86. The van der Waals surface area contributed by atoms with E-state index in [1.807, 2.05) is 39.0 Å². The molecule has 0 radical (unpaired) electrons. The van der Waals surface area contributed by atoms with Crippen LogP contribution in [0.4, 0.5) is 0 Å². The fourth-order valence-corrected chi connectivity index (χ4v) is 1.42. The minimum Gasteiger partial charge on any atom is -0.490 e. The van der Waals surface area contributed by atoms with Crippen LogP contribution < -0.4 is 4.74 Å². The highest BCUT2D eigenvalue weighted by Crippen LogP contribution is 2.27. The van der Waals surface area contributed by atoms with Gasteiger partial charge in [-0.15, -0.1) is 0 Å². The van der Waals surface area contributed by atoms with Crippen molar-refractivity contribution in [2.45, 2.75) is 20.8 Å². The summed E-state index contributed by atoms with van der Waals surface area (Å²) >= 11 is 0. The number of rotatable bonds is 5. The number of methoxy groups -OCH3 is 1. The molecule has 94 valence electrons. The van der Waals surface area contributed by atoms with E-state index in [1.165, 1.54) is 0 Å². The van der Waals surface area contributed by atoms with E-state index in [1.54, 1.807) is 13.2 Å². The van der Waals surface area contributed by atoms with Crippen molar-refractivity contribution >= 4 is 5.78 Å². The lowest BCUT2D eigenvalue weighted by molar-refractivity contribution is 0.0851. The fraction of sp³-hybridized carbons (Fsp3) is 0.500. The lowest BCUT2D eigenvalue weighted by Crippen LogP contribution is -2.21. The molecule has 0 unspecified atom stereocenters. The smallest absolute Gasteiger partial charge is 0.171 e. The number of Topliss-reactive ketones (excluding diaryl/α,β-unsaturated/α-hetero) is 1. The van der Waals surface area contributed by atoms with Gasteiger partial charge in [-0.2, -0.15) is 0 Å². The first-order valence-electron chi connectivity index (χ1n) is 5.72. The predicted molar refractivity (Wildman–Crippen MR) is 67.6 cm³/mol. The van der Waals surface area contributed by atoms with Crippen LogP contribution in [0, 0.1) is 5.41 Å². The lowest BCUT2D eigenvalue weighted by atomic mass is 9.86. The summed E-state index contributed by atoms with van der Waals surface area (Å²) in [5.74, 6) is 0.718. The molecule has 17 heavy (non-hydrogen) atoms. The van der Waals surface area contributed by atoms with Gasteiger partial charge in [-0.05, 0) is 12.1 Å². The van der Waals surface area contributed by atoms with Crippen LogP contribution in [0.5, 0.6) is 5.75 Å². The molecule has 0 aliphatic heterocycles. The van der Waals surface area contributed by atoms with Gasteiger partial charge >= 0.3 is 0 Å². The molecule has 1 aromatic rings.